The molecule has 0 bridgehead atoms. The van der Waals surface area contributed by atoms with E-state index in [1.54, 1.807) is 16.6 Å². The highest BCUT2D eigenvalue weighted by atomic mass is 32.1. The highest BCUT2D eigenvalue weighted by Gasteiger charge is 2.26. The minimum Gasteiger partial charge on any atom is -0.356 e. The smallest absolute Gasteiger partial charge is 0.223 e. The number of nitrogens with one attached hydrogen (secondary N) is 1. The van der Waals surface area contributed by atoms with Crippen LogP contribution in [-0.2, 0) is 4.79 Å². The van der Waals surface area contributed by atoms with Crippen LogP contribution in [0.25, 0.3) is 16.2 Å². The first-order valence-corrected chi connectivity index (χ1v) is 10.1. The van der Waals surface area contributed by atoms with Gasteiger partial charge < -0.3 is 10.2 Å². The number of imidazole rings is 1. The number of hydrogen-bond donors (Lipinski definition) is 1. The normalized spacial score (nSPS) is 15.4. The van der Waals surface area contributed by atoms with Crippen molar-refractivity contribution in [3.05, 3.63) is 36.3 Å². The van der Waals surface area contributed by atoms with Gasteiger partial charge in [-0.05, 0) is 43.5 Å². The predicted molar refractivity (Wildman–Crippen MR) is 104 cm³/mol. The second-order valence-electron chi connectivity index (χ2n) is 6.80. The van der Waals surface area contributed by atoms with E-state index >= 15 is 0 Å². The number of nitrogens with zero attached hydrogens (tertiary/aromatic N) is 4. The molecule has 8 heteroatoms. The van der Waals surface area contributed by atoms with E-state index < -0.39 is 0 Å². The Balaban J connectivity index is 1.42. The molecule has 0 radical (unpaired) electrons. The summed E-state index contributed by atoms with van der Waals surface area (Å²) in [5.74, 6) is 0.0169. The number of hydrogen-bond acceptors (Lipinski definition) is 5. The summed E-state index contributed by atoms with van der Waals surface area (Å²) < 4.78 is 14.9. The Labute approximate surface area is 161 Å². The third-order valence-corrected chi connectivity index (χ3v) is 5.84. The second kappa shape index (κ2) is 7.64. The molecule has 1 aliphatic heterocycles. The van der Waals surface area contributed by atoms with Gasteiger partial charge in [0.1, 0.15) is 5.82 Å². The Bertz CT molecular complexity index is 896. The molecule has 1 aliphatic rings. The minimum absolute atomic E-state index is 0.0990. The van der Waals surface area contributed by atoms with Crippen molar-refractivity contribution in [2.75, 3.05) is 24.5 Å². The number of carbonyl (C=O) groups excluding carboxylic acids is 1. The summed E-state index contributed by atoms with van der Waals surface area (Å²) in [5.41, 5.74) is 1.65. The number of rotatable bonds is 5. The quantitative estimate of drug-likeness (QED) is 0.729. The summed E-state index contributed by atoms with van der Waals surface area (Å²) >= 11 is 1.54. The van der Waals surface area contributed by atoms with Crippen LogP contribution in [-0.4, -0.2) is 40.1 Å². The van der Waals surface area contributed by atoms with E-state index in [4.69, 9.17) is 0 Å². The standard InChI is InChI=1S/C19H22FN5OS/c1-2-9-21-17(26)14-7-10-24(11-8-14)19-23-25-12-16(22-18(25)27-19)13-3-5-15(20)6-4-13/h3-6,12,14H,2,7-11H2,1H3,(H,21,26). The molecule has 0 unspecified atom stereocenters. The monoisotopic (exact) mass is 387 g/mol. The summed E-state index contributed by atoms with van der Waals surface area (Å²) in [6.07, 6.45) is 4.52. The van der Waals surface area contributed by atoms with E-state index in [1.165, 1.54) is 23.5 Å². The van der Waals surface area contributed by atoms with E-state index in [1.807, 2.05) is 6.20 Å². The molecule has 0 saturated carbocycles. The SMILES string of the molecule is CCCNC(=O)C1CCN(c2nn3cc(-c4ccc(F)cc4)nc3s2)CC1. The fourth-order valence-corrected chi connectivity index (χ4v) is 4.24. The number of aromatic nitrogens is 3. The van der Waals surface area contributed by atoms with E-state index in [-0.39, 0.29) is 17.6 Å². The first kappa shape index (κ1) is 17.9. The van der Waals surface area contributed by atoms with E-state index in [9.17, 15) is 9.18 Å². The third-order valence-electron chi connectivity index (χ3n) is 4.86. The van der Waals surface area contributed by atoms with Crippen molar-refractivity contribution in [2.45, 2.75) is 26.2 Å². The lowest BCUT2D eigenvalue weighted by Crippen LogP contribution is -2.40. The molecule has 0 spiro atoms. The maximum Gasteiger partial charge on any atom is 0.223 e. The van der Waals surface area contributed by atoms with E-state index in [2.05, 4.69) is 27.2 Å². The fraction of sp³-hybridized carbons (Fsp3) is 0.421. The number of anilines is 1. The lowest BCUT2D eigenvalue weighted by Gasteiger charge is -2.30. The van der Waals surface area contributed by atoms with Crippen molar-refractivity contribution in [3.63, 3.8) is 0 Å². The van der Waals surface area contributed by atoms with Crippen LogP contribution < -0.4 is 10.2 Å². The summed E-state index contributed by atoms with van der Waals surface area (Å²) in [6.45, 7) is 4.46. The molecule has 0 atom stereocenters. The van der Waals surface area contributed by atoms with Crippen molar-refractivity contribution in [1.29, 1.82) is 0 Å². The Hall–Kier alpha value is -2.48. The Kier molecular flexibility index (Phi) is 5.07. The average Bonchev–Trinajstić information content (AvgIpc) is 3.26. The molecule has 4 rings (SSSR count). The fourth-order valence-electron chi connectivity index (χ4n) is 3.30. The van der Waals surface area contributed by atoms with Crippen LogP contribution in [0.15, 0.2) is 30.5 Å². The predicted octanol–water partition coefficient (Wildman–Crippen LogP) is 3.34. The molecule has 1 amide bonds. The first-order valence-electron chi connectivity index (χ1n) is 9.29. The average molecular weight is 387 g/mol. The van der Waals surface area contributed by atoms with Crippen molar-refractivity contribution in [1.82, 2.24) is 19.9 Å². The van der Waals surface area contributed by atoms with Gasteiger partial charge in [0.15, 0.2) is 0 Å². The molecule has 3 aromatic rings. The highest BCUT2D eigenvalue weighted by Crippen LogP contribution is 2.29. The molecule has 27 heavy (non-hydrogen) atoms. The minimum atomic E-state index is -0.257. The number of benzene rings is 1. The molecular weight excluding hydrogens is 365 g/mol. The van der Waals surface area contributed by atoms with Gasteiger partial charge in [-0.25, -0.2) is 13.9 Å². The van der Waals surface area contributed by atoms with Gasteiger partial charge in [-0.3, -0.25) is 4.79 Å². The zero-order chi connectivity index (χ0) is 18.8. The number of amides is 1. The van der Waals surface area contributed by atoms with Gasteiger partial charge in [0.25, 0.3) is 0 Å². The van der Waals surface area contributed by atoms with Gasteiger partial charge in [-0.2, -0.15) is 0 Å². The van der Waals surface area contributed by atoms with Gasteiger partial charge >= 0.3 is 0 Å². The zero-order valence-electron chi connectivity index (χ0n) is 15.2. The van der Waals surface area contributed by atoms with Crippen LogP contribution in [0.1, 0.15) is 26.2 Å². The molecule has 1 aromatic carbocycles. The van der Waals surface area contributed by atoms with E-state index in [0.717, 1.165) is 60.2 Å². The van der Waals surface area contributed by atoms with Crippen LogP contribution in [0.2, 0.25) is 0 Å². The van der Waals surface area contributed by atoms with Crippen LogP contribution in [0.4, 0.5) is 9.52 Å². The molecule has 1 saturated heterocycles. The van der Waals surface area contributed by atoms with Crippen molar-refractivity contribution < 1.29 is 9.18 Å². The van der Waals surface area contributed by atoms with Crippen LogP contribution >= 0.6 is 11.3 Å². The molecule has 2 aromatic heterocycles. The summed E-state index contributed by atoms with van der Waals surface area (Å²) in [6, 6.07) is 6.30. The molecule has 0 aliphatic carbocycles. The summed E-state index contributed by atoms with van der Waals surface area (Å²) in [4.78, 5) is 19.8. The van der Waals surface area contributed by atoms with E-state index in [0.29, 0.717) is 0 Å². The molecule has 1 N–H and O–H groups in total. The molecule has 3 heterocycles. The lowest BCUT2D eigenvalue weighted by atomic mass is 9.96. The van der Waals surface area contributed by atoms with Gasteiger partial charge in [0.05, 0.1) is 11.9 Å². The van der Waals surface area contributed by atoms with Crippen molar-refractivity contribution in [3.8, 4) is 11.3 Å². The number of carbonyl (C=O) groups is 1. The largest absolute Gasteiger partial charge is 0.356 e. The molecule has 142 valence electrons. The number of halogens is 1. The topological polar surface area (TPSA) is 62.5 Å². The Morgan fingerprint density at radius 3 is 2.70 bits per heavy atom. The van der Waals surface area contributed by atoms with Crippen LogP contribution in [0.3, 0.4) is 0 Å². The first-order chi connectivity index (χ1) is 13.1. The van der Waals surface area contributed by atoms with Gasteiger partial charge in [0.2, 0.25) is 16.0 Å². The molecule has 1 fully saturated rings. The maximum absolute atomic E-state index is 13.1. The highest BCUT2D eigenvalue weighted by molar-refractivity contribution is 7.20. The zero-order valence-corrected chi connectivity index (χ0v) is 16.0. The van der Waals surface area contributed by atoms with Crippen molar-refractivity contribution in [2.24, 2.45) is 5.92 Å². The van der Waals surface area contributed by atoms with Crippen LogP contribution in [0, 0.1) is 11.7 Å². The summed E-state index contributed by atoms with van der Waals surface area (Å²) in [5, 5.41) is 8.56. The number of piperidine rings is 1. The van der Waals surface area contributed by atoms with Gasteiger partial charge in [-0.15, -0.1) is 5.10 Å². The molecule has 6 nitrogen and oxygen atoms in total. The van der Waals surface area contributed by atoms with Gasteiger partial charge in [-0.1, -0.05) is 18.3 Å². The maximum atomic E-state index is 13.1. The Morgan fingerprint density at radius 1 is 1.30 bits per heavy atom. The second-order valence-corrected chi connectivity index (χ2v) is 7.73. The van der Waals surface area contributed by atoms with Gasteiger partial charge in [0, 0.05) is 31.1 Å². The number of fused-ring (bicyclic) bond motifs is 1. The lowest BCUT2D eigenvalue weighted by molar-refractivity contribution is -0.125. The molecular formula is C19H22FN5OS. The Morgan fingerprint density at radius 2 is 2.04 bits per heavy atom. The third kappa shape index (κ3) is 3.80. The van der Waals surface area contributed by atoms with Crippen LogP contribution in [0.5, 0.6) is 0 Å². The van der Waals surface area contributed by atoms with Crippen molar-refractivity contribution >= 4 is 27.3 Å². The summed E-state index contributed by atoms with van der Waals surface area (Å²) in [7, 11) is 0.